The molecule has 2 N–H and O–H groups in total. The third kappa shape index (κ3) is 3.39. The highest BCUT2D eigenvalue weighted by Crippen LogP contribution is 2.25. The fourth-order valence-electron chi connectivity index (χ4n) is 2.00. The summed E-state index contributed by atoms with van der Waals surface area (Å²) in [6, 6.07) is 3.01. The van der Waals surface area contributed by atoms with Crippen molar-refractivity contribution >= 4 is 11.5 Å². The fourth-order valence-corrected chi connectivity index (χ4v) is 2.00. The number of ether oxygens (including phenoxy) is 1. The van der Waals surface area contributed by atoms with Crippen molar-refractivity contribution in [1.82, 2.24) is 4.98 Å². The maximum atomic E-state index is 10.9. The number of nitrogens with zero attached hydrogens (tertiary/aromatic N) is 2. The van der Waals surface area contributed by atoms with E-state index in [1.807, 2.05) is 0 Å². The molecule has 1 saturated heterocycles. The lowest BCUT2D eigenvalue weighted by molar-refractivity contribution is -0.384. The molecule has 1 fully saturated rings. The summed E-state index contributed by atoms with van der Waals surface area (Å²) in [4.78, 5) is 14.5. The smallest absolute Gasteiger partial charge is 0.311 e. The predicted octanol–water partition coefficient (Wildman–Crippen LogP) is 1.25. The van der Waals surface area contributed by atoms with Gasteiger partial charge in [-0.2, -0.15) is 0 Å². The van der Waals surface area contributed by atoms with Crippen molar-refractivity contribution in [2.45, 2.75) is 25.4 Å². The molecule has 0 saturated carbocycles. The largest absolute Gasteiger partial charge is 0.388 e. The van der Waals surface area contributed by atoms with E-state index in [1.54, 1.807) is 13.0 Å². The number of aromatic nitrogens is 1. The number of nitrogens with one attached hydrogen (secondary N) is 1. The van der Waals surface area contributed by atoms with Gasteiger partial charge in [0.15, 0.2) is 0 Å². The molecular formula is C12H17N3O4. The van der Waals surface area contributed by atoms with Gasteiger partial charge in [0.05, 0.1) is 10.5 Å². The molecule has 19 heavy (non-hydrogen) atoms. The van der Waals surface area contributed by atoms with Gasteiger partial charge in [0.25, 0.3) is 0 Å². The van der Waals surface area contributed by atoms with E-state index in [1.165, 1.54) is 6.07 Å². The van der Waals surface area contributed by atoms with Gasteiger partial charge in [-0.05, 0) is 13.0 Å². The number of hydrogen-bond acceptors (Lipinski definition) is 6. The minimum atomic E-state index is -0.891. The summed E-state index contributed by atoms with van der Waals surface area (Å²) in [6.45, 7) is 2.99. The van der Waals surface area contributed by atoms with Crippen LogP contribution in [0, 0.1) is 17.0 Å². The molecule has 104 valence electrons. The van der Waals surface area contributed by atoms with Gasteiger partial charge in [-0.25, -0.2) is 4.98 Å². The van der Waals surface area contributed by atoms with Gasteiger partial charge >= 0.3 is 5.69 Å². The molecule has 7 nitrogen and oxygen atoms in total. The highest BCUT2D eigenvalue weighted by Gasteiger charge is 2.30. The van der Waals surface area contributed by atoms with Crippen LogP contribution in [0.3, 0.4) is 0 Å². The Hall–Kier alpha value is -1.73. The number of rotatable bonds is 4. The Morgan fingerprint density at radius 3 is 2.84 bits per heavy atom. The Morgan fingerprint density at radius 2 is 2.21 bits per heavy atom. The first-order valence-electron chi connectivity index (χ1n) is 6.16. The Morgan fingerprint density at radius 1 is 1.53 bits per heavy atom. The highest BCUT2D eigenvalue weighted by atomic mass is 16.6. The lowest BCUT2D eigenvalue weighted by atomic mass is 9.94. The van der Waals surface area contributed by atoms with Crippen LogP contribution in [0.15, 0.2) is 12.1 Å². The molecule has 1 aliphatic heterocycles. The van der Waals surface area contributed by atoms with Crippen molar-refractivity contribution in [2.75, 3.05) is 25.1 Å². The van der Waals surface area contributed by atoms with Gasteiger partial charge in [-0.1, -0.05) is 0 Å². The van der Waals surface area contributed by atoms with E-state index in [-0.39, 0.29) is 18.1 Å². The Kier molecular flexibility index (Phi) is 3.96. The monoisotopic (exact) mass is 267 g/mol. The van der Waals surface area contributed by atoms with Crippen LogP contribution < -0.4 is 5.32 Å². The van der Waals surface area contributed by atoms with E-state index in [4.69, 9.17) is 4.74 Å². The molecule has 0 aliphatic carbocycles. The average molecular weight is 267 g/mol. The lowest BCUT2D eigenvalue weighted by Crippen LogP contribution is -2.42. The van der Waals surface area contributed by atoms with Crippen molar-refractivity contribution in [3.8, 4) is 0 Å². The molecule has 0 bridgehead atoms. The summed E-state index contributed by atoms with van der Waals surface area (Å²) in [5, 5.41) is 24.1. The number of hydrogen-bond donors (Lipinski definition) is 2. The molecule has 0 spiro atoms. The van der Waals surface area contributed by atoms with Crippen LogP contribution in [0.2, 0.25) is 0 Å². The van der Waals surface area contributed by atoms with Gasteiger partial charge in [0.2, 0.25) is 5.82 Å². The molecule has 2 heterocycles. The molecule has 0 atom stereocenters. The molecule has 1 aromatic rings. The first kappa shape index (κ1) is 13.7. The van der Waals surface area contributed by atoms with Crippen LogP contribution >= 0.6 is 0 Å². The van der Waals surface area contributed by atoms with Crippen molar-refractivity contribution in [3.63, 3.8) is 0 Å². The van der Waals surface area contributed by atoms with Crippen molar-refractivity contribution in [2.24, 2.45) is 0 Å². The number of aliphatic hydroxyl groups is 1. The SMILES string of the molecule is Cc1ccc([N+](=O)[O-])c(NCC2(O)CCOCC2)n1. The third-order valence-electron chi connectivity index (χ3n) is 3.22. The maximum absolute atomic E-state index is 10.9. The summed E-state index contributed by atoms with van der Waals surface area (Å²) in [7, 11) is 0. The van der Waals surface area contributed by atoms with Gasteiger partial charge < -0.3 is 15.2 Å². The van der Waals surface area contributed by atoms with Crippen molar-refractivity contribution in [3.05, 3.63) is 27.9 Å². The van der Waals surface area contributed by atoms with Crippen LogP contribution in [-0.2, 0) is 4.74 Å². The maximum Gasteiger partial charge on any atom is 0.311 e. The Labute approximate surface area is 110 Å². The number of pyridine rings is 1. The number of anilines is 1. The van der Waals surface area contributed by atoms with Crippen LogP contribution in [0.25, 0.3) is 0 Å². The summed E-state index contributed by atoms with van der Waals surface area (Å²) in [5.41, 5.74) is -0.286. The molecule has 0 unspecified atom stereocenters. The molecule has 1 aromatic heterocycles. The summed E-state index contributed by atoms with van der Waals surface area (Å²) >= 11 is 0. The predicted molar refractivity (Wildman–Crippen MR) is 69.1 cm³/mol. The lowest BCUT2D eigenvalue weighted by Gasteiger charge is -2.32. The molecule has 2 rings (SSSR count). The molecule has 0 amide bonds. The minimum Gasteiger partial charge on any atom is -0.388 e. The fraction of sp³-hybridized carbons (Fsp3) is 0.583. The molecule has 1 aliphatic rings. The van der Waals surface area contributed by atoms with E-state index in [2.05, 4.69) is 10.3 Å². The number of aryl methyl sites for hydroxylation is 1. The van der Waals surface area contributed by atoms with E-state index < -0.39 is 10.5 Å². The first-order valence-corrected chi connectivity index (χ1v) is 6.16. The Balaban J connectivity index is 2.10. The van der Waals surface area contributed by atoms with Crippen molar-refractivity contribution < 1.29 is 14.8 Å². The number of nitro groups is 1. The van der Waals surface area contributed by atoms with Crippen LogP contribution in [0.1, 0.15) is 18.5 Å². The van der Waals surface area contributed by atoms with Gasteiger partial charge in [-0.3, -0.25) is 10.1 Å². The van der Waals surface area contributed by atoms with E-state index in [0.717, 1.165) is 0 Å². The molecular weight excluding hydrogens is 250 g/mol. The highest BCUT2D eigenvalue weighted by molar-refractivity contribution is 5.56. The van der Waals surface area contributed by atoms with E-state index in [0.29, 0.717) is 31.7 Å². The molecule has 7 heteroatoms. The molecule has 0 aromatic carbocycles. The van der Waals surface area contributed by atoms with Crippen LogP contribution in [-0.4, -0.2) is 40.4 Å². The summed E-state index contributed by atoms with van der Waals surface area (Å²) in [5.74, 6) is 0.199. The zero-order valence-corrected chi connectivity index (χ0v) is 10.8. The zero-order chi connectivity index (χ0) is 13.9. The Bertz CT molecular complexity index is 472. The zero-order valence-electron chi connectivity index (χ0n) is 10.8. The second-order valence-corrected chi connectivity index (χ2v) is 4.77. The van der Waals surface area contributed by atoms with Gasteiger partial charge in [0.1, 0.15) is 0 Å². The second-order valence-electron chi connectivity index (χ2n) is 4.77. The van der Waals surface area contributed by atoms with E-state index >= 15 is 0 Å². The quantitative estimate of drug-likeness (QED) is 0.629. The standard InChI is InChI=1S/C12H17N3O4/c1-9-2-3-10(15(17)18)11(14-9)13-8-12(16)4-6-19-7-5-12/h2-3,16H,4-8H2,1H3,(H,13,14). The van der Waals surface area contributed by atoms with Gasteiger partial charge in [0, 0.05) is 44.4 Å². The third-order valence-corrected chi connectivity index (χ3v) is 3.22. The topological polar surface area (TPSA) is 97.5 Å². The van der Waals surface area contributed by atoms with Crippen LogP contribution in [0.4, 0.5) is 11.5 Å². The summed E-state index contributed by atoms with van der Waals surface area (Å²) < 4.78 is 5.19. The average Bonchev–Trinajstić information content (AvgIpc) is 2.37. The minimum absolute atomic E-state index is 0.0822. The second kappa shape index (κ2) is 5.50. The van der Waals surface area contributed by atoms with E-state index in [9.17, 15) is 15.2 Å². The summed E-state index contributed by atoms with van der Waals surface area (Å²) in [6.07, 6.45) is 1.03. The molecule has 0 radical (unpaired) electrons. The first-order chi connectivity index (χ1) is 9.00. The van der Waals surface area contributed by atoms with Crippen molar-refractivity contribution in [1.29, 1.82) is 0 Å². The van der Waals surface area contributed by atoms with Gasteiger partial charge in [-0.15, -0.1) is 0 Å². The normalized spacial score (nSPS) is 18.0. The van der Waals surface area contributed by atoms with Crippen LogP contribution in [0.5, 0.6) is 0 Å².